The number of esters is 1. The van der Waals surface area contributed by atoms with Crippen molar-refractivity contribution in [3.63, 3.8) is 0 Å². The van der Waals surface area contributed by atoms with Gasteiger partial charge in [0.1, 0.15) is 6.61 Å². The molecule has 0 unspecified atom stereocenters. The summed E-state index contributed by atoms with van der Waals surface area (Å²) >= 11 is 5.74. The Kier molecular flexibility index (Phi) is 4.33. The van der Waals surface area contributed by atoms with Crippen LogP contribution in [0.2, 0.25) is 5.02 Å². The van der Waals surface area contributed by atoms with Crippen molar-refractivity contribution in [1.29, 1.82) is 0 Å². The fourth-order valence-electron chi connectivity index (χ4n) is 1.17. The molecule has 4 heteroatoms. The third kappa shape index (κ3) is 5.14. The van der Waals surface area contributed by atoms with Crippen LogP contribution in [-0.4, -0.2) is 11.5 Å². The third-order valence-electron chi connectivity index (χ3n) is 1.91. The lowest BCUT2D eigenvalue weighted by molar-refractivity contribution is -0.146. The van der Waals surface area contributed by atoms with E-state index >= 15 is 0 Å². The van der Waals surface area contributed by atoms with Crippen molar-refractivity contribution >= 4 is 17.6 Å². The highest BCUT2D eigenvalue weighted by Crippen LogP contribution is 2.11. The van der Waals surface area contributed by atoms with Gasteiger partial charge in [-0.1, -0.05) is 23.7 Å². The van der Waals surface area contributed by atoms with Gasteiger partial charge < -0.3 is 10.5 Å². The molecule has 0 saturated carbocycles. The van der Waals surface area contributed by atoms with E-state index in [0.717, 1.165) is 5.56 Å². The minimum atomic E-state index is -0.531. The van der Waals surface area contributed by atoms with Crippen molar-refractivity contribution in [2.45, 2.75) is 32.4 Å². The van der Waals surface area contributed by atoms with E-state index in [1.165, 1.54) is 0 Å². The van der Waals surface area contributed by atoms with Gasteiger partial charge in [0.25, 0.3) is 0 Å². The predicted molar refractivity (Wildman–Crippen MR) is 64.1 cm³/mol. The summed E-state index contributed by atoms with van der Waals surface area (Å²) in [5.74, 6) is -0.289. The summed E-state index contributed by atoms with van der Waals surface area (Å²) in [6.45, 7) is 3.83. The first-order valence-electron chi connectivity index (χ1n) is 5.06. The van der Waals surface area contributed by atoms with Gasteiger partial charge in [0.05, 0.1) is 6.42 Å². The fraction of sp³-hybridized carbons (Fsp3) is 0.417. The molecule has 0 aromatic heterocycles. The maximum Gasteiger partial charge on any atom is 0.307 e. The van der Waals surface area contributed by atoms with Gasteiger partial charge in [-0.2, -0.15) is 0 Å². The van der Waals surface area contributed by atoms with E-state index < -0.39 is 5.54 Å². The lowest BCUT2D eigenvalue weighted by atomic mass is 10.0. The fourth-order valence-corrected chi connectivity index (χ4v) is 1.29. The molecule has 1 rings (SSSR count). The van der Waals surface area contributed by atoms with E-state index in [2.05, 4.69) is 0 Å². The molecule has 0 radical (unpaired) electrons. The van der Waals surface area contributed by atoms with Crippen LogP contribution in [-0.2, 0) is 16.1 Å². The maximum absolute atomic E-state index is 11.4. The predicted octanol–water partition coefficient (Wildman–Crippen LogP) is 2.51. The minimum absolute atomic E-state index is 0.209. The van der Waals surface area contributed by atoms with Crippen LogP contribution in [0.4, 0.5) is 0 Å². The van der Waals surface area contributed by atoms with Crippen LogP contribution >= 0.6 is 11.6 Å². The molecule has 0 heterocycles. The van der Waals surface area contributed by atoms with Gasteiger partial charge in [-0.15, -0.1) is 0 Å². The Labute approximate surface area is 101 Å². The number of nitrogens with two attached hydrogens (primary N) is 1. The Morgan fingerprint density at radius 3 is 2.44 bits per heavy atom. The van der Waals surface area contributed by atoms with Crippen LogP contribution in [0.1, 0.15) is 25.8 Å². The SMILES string of the molecule is CC(C)(N)CC(=O)OCc1ccc(Cl)cc1. The Hall–Kier alpha value is -1.06. The summed E-state index contributed by atoms with van der Waals surface area (Å²) in [5.41, 5.74) is 6.09. The van der Waals surface area contributed by atoms with E-state index in [4.69, 9.17) is 22.1 Å². The van der Waals surface area contributed by atoms with Crippen LogP contribution in [0.3, 0.4) is 0 Å². The zero-order chi connectivity index (χ0) is 12.2. The first-order chi connectivity index (χ1) is 7.37. The number of ether oxygens (including phenoxy) is 1. The zero-order valence-corrected chi connectivity index (χ0v) is 10.3. The molecule has 88 valence electrons. The van der Waals surface area contributed by atoms with Crippen LogP contribution in [0.25, 0.3) is 0 Å². The number of hydrogen-bond acceptors (Lipinski definition) is 3. The monoisotopic (exact) mass is 241 g/mol. The number of carbonyl (C=O) groups is 1. The molecule has 0 spiro atoms. The summed E-state index contributed by atoms with van der Waals surface area (Å²) in [7, 11) is 0. The lowest BCUT2D eigenvalue weighted by Gasteiger charge is -2.16. The van der Waals surface area contributed by atoms with Crippen molar-refractivity contribution in [3.05, 3.63) is 34.9 Å². The Bertz CT molecular complexity index is 354. The molecule has 0 aliphatic carbocycles. The molecular formula is C12H16ClNO2. The van der Waals surface area contributed by atoms with Crippen molar-refractivity contribution in [1.82, 2.24) is 0 Å². The van der Waals surface area contributed by atoms with Crippen molar-refractivity contribution in [2.24, 2.45) is 5.73 Å². The average Bonchev–Trinajstić information content (AvgIpc) is 2.14. The van der Waals surface area contributed by atoms with E-state index in [-0.39, 0.29) is 19.0 Å². The molecule has 1 aromatic carbocycles. The standard InChI is InChI=1S/C12H16ClNO2/c1-12(2,14)7-11(15)16-8-9-3-5-10(13)6-4-9/h3-6H,7-8,14H2,1-2H3. The van der Waals surface area contributed by atoms with Crippen LogP contribution in [0.15, 0.2) is 24.3 Å². The van der Waals surface area contributed by atoms with Crippen LogP contribution in [0, 0.1) is 0 Å². The summed E-state index contributed by atoms with van der Waals surface area (Å²) in [4.78, 5) is 11.4. The number of halogens is 1. The topological polar surface area (TPSA) is 52.3 Å². The lowest BCUT2D eigenvalue weighted by Crippen LogP contribution is -2.35. The highest BCUT2D eigenvalue weighted by molar-refractivity contribution is 6.30. The van der Waals surface area contributed by atoms with E-state index in [1.54, 1.807) is 26.0 Å². The Morgan fingerprint density at radius 1 is 1.38 bits per heavy atom. The van der Waals surface area contributed by atoms with Gasteiger partial charge in [0, 0.05) is 10.6 Å². The highest BCUT2D eigenvalue weighted by Gasteiger charge is 2.17. The smallest absolute Gasteiger partial charge is 0.307 e. The second-order valence-electron chi connectivity index (χ2n) is 4.45. The second kappa shape index (κ2) is 5.32. The number of rotatable bonds is 4. The van der Waals surface area contributed by atoms with E-state index in [9.17, 15) is 4.79 Å². The molecule has 16 heavy (non-hydrogen) atoms. The van der Waals surface area contributed by atoms with E-state index in [1.807, 2.05) is 12.1 Å². The van der Waals surface area contributed by atoms with Gasteiger partial charge in [-0.05, 0) is 31.5 Å². The zero-order valence-electron chi connectivity index (χ0n) is 9.50. The first-order valence-corrected chi connectivity index (χ1v) is 5.43. The van der Waals surface area contributed by atoms with Gasteiger partial charge in [0.2, 0.25) is 0 Å². The highest BCUT2D eigenvalue weighted by atomic mass is 35.5. The average molecular weight is 242 g/mol. The first kappa shape index (κ1) is 13.0. The molecule has 2 N–H and O–H groups in total. The summed E-state index contributed by atoms with van der Waals surface area (Å²) in [6.07, 6.45) is 0.209. The molecule has 0 amide bonds. The van der Waals surface area contributed by atoms with Gasteiger partial charge in [0.15, 0.2) is 0 Å². The van der Waals surface area contributed by atoms with Gasteiger partial charge in [-0.3, -0.25) is 4.79 Å². The molecule has 0 saturated heterocycles. The molecule has 0 bridgehead atoms. The van der Waals surface area contributed by atoms with Crippen molar-refractivity contribution < 1.29 is 9.53 Å². The molecule has 0 fully saturated rings. The summed E-state index contributed by atoms with van der Waals surface area (Å²) in [5, 5.41) is 0.665. The number of carbonyl (C=O) groups excluding carboxylic acids is 1. The summed E-state index contributed by atoms with van der Waals surface area (Å²) < 4.78 is 5.08. The molecule has 0 aliphatic heterocycles. The summed E-state index contributed by atoms with van der Waals surface area (Å²) in [6, 6.07) is 7.17. The number of hydrogen-bond donors (Lipinski definition) is 1. The molecule has 0 atom stereocenters. The van der Waals surface area contributed by atoms with Crippen molar-refractivity contribution in [3.8, 4) is 0 Å². The Balaban J connectivity index is 2.40. The van der Waals surface area contributed by atoms with Crippen LogP contribution in [0.5, 0.6) is 0 Å². The van der Waals surface area contributed by atoms with E-state index in [0.29, 0.717) is 5.02 Å². The molecule has 0 aliphatic rings. The molecule has 3 nitrogen and oxygen atoms in total. The molecule has 1 aromatic rings. The molecular weight excluding hydrogens is 226 g/mol. The third-order valence-corrected chi connectivity index (χ3v) is 2.17. The van der Waals surface area contributed by atoms with Gasteiger partial charge in [-0.25, -0.2) is 0 Å². The maximum atomic E-state index is 11.4. The number of benzene rings is 1. The quantitative estimate of drug-likeness (QED) is 0.825. The van der Waals surface area contributed by atoms with Gasteiger partial charge >= 0.3 is 5.97 Å². The largest absolute Gasteiger partial charge is 0.461 e. The van der Waals surface area contributed by atoms with Crippen molar-refractivity contribution in [2.75, 3.05) is 0 Å². The van der Waals surface area contributed by atoms with Crippen LogP contribution < -0.4 is 5.73 Å². The Morgan fingerprint density at radius 2 is 1.94 bits per heavy atom. The second-order valence-corrected chi connectivity index (χ2v) is 4.89. The minimum Gasteiger partial charge on any atom is -0.461 e. The normalized spacial score (nSPS) is 11.2.